The average Bonchev–Trinajstić information content (AvgIpc) is 2.73. The van der Waals surface area contributed by atoms with E-state index in [1.807, 2.05) is 14.0 Å². The van der Waals surface area contributed by atoms with Gasteiger partial charge >= 0.3 is 0 Å². The zero-order chi connectivity index (χ0) is 22.5. The van der Waals surface area contributed by atoms with Gasteiger partial charge in [0.1, 0.15) is 5.75 Å². The summed E-state index contributed by atoms with van der Waals surface area (Å²) >= 11 is 12.3. The number of nitrogens with zero attached hydrogens (tertiary/aromatic N) is 1. The van der Waals surface area contributed by atoms with E-state index in [2.05, 4.69) is 5.32 Å². The Bertz CT molecular complexity index is 904. The summed E-state index contributed by atoms with van der Waals surface area (Å²) in [4.78, 5) is 27.6. The first-order valence-corrected chi connectivity index (χ1v) is 11.6. The van der Waals surface area contributed by atoms with Crippen LogP contribution in [-0.2, 0) is 4.79 Å². The number of benzene rings is 1. The van der Waals surface area contributed by atoms with E-state index in [1.165, 1.54) is 39.2 Å². The molecule has 1 saturated carbocycles. The lowest BCUT2D eigenvalue weighted by Gasteiger charge is -2.27. The van der Waals surface area contributed by atoms with Crippen LogP contribution in [0.15, 0.2) is 39.9 Å². The lowest BCUT2D eigenvalue weighted by atomic mass is 9.89. The van der Waals surface area contributed by atoms with E-state index in [0.29, 0.717) is 45.0 Å². The van der Waals surface area contributed by atoms with Gasteiger partial charge in [-0.05, 0) is 49.3 Å². The molecule has 0 heterocycles. The van der Waals surface area contributed by atoms with Crippen molar-refractivity contribution in [1.29, 1.82) is 0 Å². The van der Waals surface area contributed by atoms with Crippen molar-refractivity contribution in [2.45, 2.75) is 45.4 Å². The van der Waals surface area contributed by atoms with Gasteiger partial charge < -0.3 is 15.0 Å². The van der Waals surface area contributed by atoms with Gasteiger partial charge in [-0.3, -0.25) is 9.59 Å². The topological polar surface area (TPSA) is 58.6 Å². The Morgan fingerprint density at radius 2 is 1.90 bits per heavy atom. The zero-order valence-electron chi connectivity index (χ0n) is 18.3. The predicted octanol–water partition coefficient (Wildman–Crippen LogP) is 5.94. The summed E-state index contributed by atoms with van der Waals surface area (Å²) in [5, 5.41) is 3.85. The molecule has 0 saturated heterocycles. The fraction of sp³-hybridized carbons (Fsp3) is 0.500. The summed E-state index contributed by atoms with van der Waals surface area (Å²) in [5.41, 5.74) is 1.52. The third-order valence-corrected chi connectivity index (χ3v) is 6.65. The molecule has 1 aromatic carbocycles. The second-order valence-electron chi connectivity index (χ2n) is 8.52. The number of rotatable bonds is 6. The SMILES string of the molecule is COc1cc(NC(=O)C2=C(Cl)C=C(Cl)CC2C)ccc1C(=O)N(C)CC1CCCCC1. The third-order valence-electron chi connectivity index (χ3n) is 6.07. The maximum Gasteiger partial charge on any atom is 0.257 e. The van der Waals surface area contributed by atoms with E-state index < -0.39 is 0 Å². The van der Waals surface area contributed by atoms with Crippen LogP contribution in [0.25, 0.3) is 0 Å². The number of nitrogens with one attached hydrogen (secondary N) is 1. The van der Waals surface area contributed by atoms with Gasteiger partial charge in [-0.1, -0.05) is 49.4 Å². The minimum atomic E-state index is -0.284. The van der Waals surface area contributed by atoms with Crippen LogP contribution in [0.1, 0.15) is 55.8 Å². The van der Waals surface area contributed by atoms with Crippen LogP contribution in [-0.4, -0.2) is 37.4 Å². The number of hydrogen-bond donors (Lipinski definition) is 1. The number of carbonyl (C=O) groups is 2. The van der Waals surface area contributed by atoms with Crippen molar-refractivity contribution in [3.8, 4) is 5.75 Å². The molecule has 0 aromatic heterocycles. The number of carbonyl (C=O) groups excluding carboxylic acids is 2. The summed E-state index contributed by atoms with van der Waals surface area (Å²) in [6, 6.07) is 5.09. The van der Waals surface area contributed by atoms with Crippen LogP contribution in [0, 0.1) is 11.8 Å². The highest BCUT2D eigenvalue weighted by molar-refractivity contribution is 6.37. The molecular formula is C24H30Cl2N2O3. The number of allylic oxidation sites excluding steroid dienone is 3. The van der Waals surface area contributed by atoms with E-state index in [0.717, 1.165) is 6.54 Å². The van der Waals surface area contributed by atoms with Crippen molar-refractivity contribution in [2.24, 2.45) is 11.8 Å². The number of amides is 2. The summed E-state index contributed by atoms with van der Waals surface area (Å²) in [5.74, 6) is 0.546. The van der Waals surface area contributed by atoms with Crippen molar-refractivity contribution in [3.63, 3.8) is 0 Å². The Balaban J connectivity index is 1.73. The van der Waals surface area contributed by atoms with Gasteiger partial charge in [0, 0.05) is 36.0 Å². The van der Waals surface area contributed by atoms with E-state index >= 15 is 0 Å². The predicted molar refractivity (Wildman–Crippen MR) is 126 cm³/mol. The fourth-order valence-electron chi connectivity index (χ4n) is 4.43. The number of ether oxygens (including phenoxy) is 1. The molecule has 1 unspecified atom stereocenters. The van der Waals surface area contributed by atoms with Gasteiger partial charge in [0.25, 0.3) is 11.8 Å². The van der Waals surface area contributed by atoms with Gasteiger partial charge in [-0.2, -0.15) is 0 Å². The Labute approximate surface area is 194 Å². The number of anilines is 1. The first-order chi connectivity index (χ1) is 14.8. The maximum absolute atomic E-state index is 13.0. The summed E-state index contributed by atoms with van der Waals surface area (Å²) in [6.07, 6.45) is 8.32. The highest BCUT2D eigenvalue weighted by atomic mass is 35.5. The summed E-state index contributed by atoms with van der Waals surface area (Å²) in [7, 11) is 3.36. The molecule has 0 spiro atoms. The van der Waals surface area contributed by atoms with Crippen molar-refractivity contribution >= 4 is 40.7 Å². The van der Waals surface area contributed by atoms with Gasteiger partial charge in [-0.25, -0.2) is 0 Å². The van der Waals surface area contributed by atoms with Crippen molar-refractivity contribution in [1.82, 2.24) is 4.90 Å². The average molecular weight is 465 g/mol. The van der Waals surface area contributed by atoms with Crippen LogP contribution in [0.4, 0.5) is 5.69 Å². The molecule has 1 aromatic rings. The number of halogens is 2. The van der Waals surface area contributed by atoms with Crippen LogP contribution < -0.4 is 10.1 Å². The quantitative estimate of drug-likeness (QED) is 0.566. The Kier molecular flexibility index (Phi) is 8.06. The molecule has 2 aliphatic rings. The molecule has 2 amide bonds. The van der Waals surface area contributed by atoms with Gasteiger partial charge in [0.05, 0.1) is 17.7 Å². The molecule has 1 N–H and O–H groups in total. The zero-order valence-corrected chi connectivity index (χ0v) is 19.9. The smallest absolute Gasteiger partial charge is 0.257 e. The van der Waals surface area contributed by atoms with Crippen LogP contribution in [0.2, 0.25) is 0 Å². The highest BCUT2D eigenvalue weighted by Gasteiger charge is 2.26. The van der Waals surface area contributed by atoms with Gasteiger partial charge in [0.15, 0.2) is 0 Å². The Morgan fingerprint density at radius 1 is 1.19 bits per heavy atom. The molecule has 5 nitrogen and oxygen atoms in total. The van der Waals surface area contributed by atoms with E-state index in [4.69, 9.17) is 27.9 Å². The molecule has 0 bridgehead atoms. The Hall–Kier alpha value is -1.98. The van der Waals surface area contributed by atoms with Crippen molar-refractivity contribution in [2.75, 3.05) is 26.0 Å². The second-order valence-corrected chi connectivity index (χ2v) is 9.41. The second kappa shape index (κ2) is 10.6. The normalized spacial score (nSPS) is 19.6. The van der Waals surface area contributed by atoms with Gasteiger partial charge in [-0.15, -0.1) is 0 Å². The third kappa shape index (κ3) is 5.83. The van der Waals surface area contributed by atoms with E-state index in [-0.39, 0.29) is 17.7 Å². The summed E-state index contributed by atoms with van der Waals surface area (Å²) < 4.78 is 5.47. The molecule has 7 heteroatoms. The largest absolute Gasteiger partial charge is 0.496 e. The molecule has 1 atom stereocenters. The standard InChI is InChI=1S/C24H30Cl2N2O3/c1-15-11-17(25)12-20(26)22(15)23(29)27-18-9-10-19(21(13-18)31-3)24(30)28(2)14-16-7-5-4-6-8-16/h9-10,12-13,15-16H,4-8,11,14H2,1-3H3,(H,27,29). The lowest BCUT2D eigenvalue weighted by molar-refractivity contribution is -0.113. The highest BCUT2D eigenvalue weighted by Crippen LogP contribution is 2.34. The van der Waals surface area contributed by atoms with Crippen LogP contribution in [0.5, 0.6) is 5.75 Å². The summed E-state index contributed by atoms with van der Waals surface area (Å²) in [6.45, 7) is 2.66. The fourth-order valence-corrected chi connectivity index (χ4v) is 5.23. The molecule has 2 aliphatic carbocycles. The van der Waals surface area contributed by atoms with Crippen molar-refractivity contribution in [3.05, 3.63) is 45.5 Å². The van der Waals surface area contributed by atoms with Gasteiger partial charge in [0.2, 0.25) is 0 Å². The van der Waals surface area contributed by atoms with E-state index in [9.17, 15) is 9.59 Å². The molecule has 0 aliphatic heterocycles. The Morgan fingerprint density at radius 3 is 2.55 bits per heavy atom. The molecule has 3 rings (SSSR count). The first kappa shape index (κ1) is 23.7. The minimum Gasteiger partial charge on any atom is -0.496 e. The molecular weight excluding hydrogens is 435 g/mol. The van der Waals surface area contributed by atoms with E-state index in [1.54, 1.807) is 29.2 Å². The maximum atomic E-state index is 13.0. The number of hydrogen-bond acceptors (Lipinski definition) is 3. The number of methoxy groups -OCH3 is 1. The monoisotopic (exact) mass is 464 g/mol. The molecule has 1 fully saturated rings. The molecule has 31 heavy (non-hydrogen) atoms. The van der Waals surface area contributed by atoms with Crippen molar-refractivity contribution < 1.29 is 14.3 Å². The first-order valence-electron chi connectivity index (χ1n) is 10.8. The van der Waals surface area contributed by atoms with Crippen LogP contribution >= 0.6 is 23.2 Å². The molecule has 168 valence electrons. The van der Waals surface area contributed by atoms with Crippen LogP contribution in [0.3, 0.4) is 0 Å². The lowest BCUT2D eigenvalue weighted by Crippen LogP contribution is -2.33. The molecule has 0 radical (unpaired) electrons. The minimum absolute atomic E-state index is 0.0771.